The summed E-state index contributed by atoms with van der Waals surface area (Å²) in [6.45, 7) is 0.940. The molecule has 0 spiro atoms. The quantitative estimate of drug-likeness (QED) is 0.501. The van der Waals surface area contributed by atoms with Crippen LogP contribution in [-0.2, 0) is 19.5 Å². The number of nitrogens with zero attached hydrogens (tertiary/aromatic N) is 5. The van der Waals surface area contributed by atoms with E-state index in [9.17, 15) is 4.79 Å². The molecule has 8 nitrogen and oxygen atoms in total. The second kappa shape index (κ2) is 7.95. The Balaban J connectivity index is 1.51. The lowest BCUT2D eigenvalue weighted by Gasteiger charge is -2.07. The second-order valence-electron chi connectivity index (χ2n) is 6.06. The van der Waals surface area contributed by atoms with Crippen molar-refractivity contribution in [1.29, 1.82) is 0 Å². The average molecular weight is 416 g/mol. The Morgan fingerprint density at radius 3 is 2.82 bits per heavy atom. The summed E-state index contributed by atoms with van der Waals surface area (Å²) >= 11 is 11.9. The molecule has 0 bridgehead atoms. The number of halogens is 2. The summed E-state index contributed by atoms with van der Waals surface area (Å²) < 4.78 is 1.62. The van der Waals surface area contributed by atoms with Crippen molar-refractivity contribution in [3.63, 3.8) is 0 Å². The van der Waals surface area contributed by atoms with Gasteiger partial charge in [-0.25, -0.2) is 4.98 Å². The summed E-state index contributed by atoms with van der Waals surface area (Å²) in [5, 5.41) is 8.33. The van der Waals surface area contributed by atoms with Crippen LogP contribution in [0.3, 0.4) is 0 Å². The van der Waals surface area contributed by atoms with Crippen LogP contribution in [0.15, 0.2) is 47.8 Å². The fourth-order valence-corrected chi connectivity index (χ4v) is 3.09. The van der Waals surface area contributed by atoms with E-state index in [0.717, 1.165) is 11.3 Å². The summed E-state index contributed by atoms with van der Waals surface area (Å²) in [5.74, 6) is 0.358. The normalized spacial score (nSPS) is 11.1. The van der Waals surface area contributed by atoms with Crippen LogP contribution in [0, 0.1) is 0 Å². The molecular formula is C18H15Cl2N7O. The summed E-state index contributed by atoms with van der Waals surface area (Å²) in [6, 6.07) is 5.34. The number of hydrogen-bond donors (Lipinski definition) is 2. The zero-order chi connectivity index (χ0) is 19.5. The first-order chi connectivity index (χ1) is 13.6. The van der Waals surface area contributed by atoms with Crippen molar-refractivity contribution in [2.75, 3.05) is 5.32 Å². The van der Waals surface area contributed by atoms with E-state index in [1.807, 2.05) is 6.07 Å². The lowest BCUT2D eigenvalue weighted by molar-refractivity contribution is 0.624. The Morgan fingerprint density at radius 1 is 1.14 bits per heavy atom. The van der Waals surface area contributed by atoms with Crippen molar-refractivity contribution in [2.45, 2.75) is 19.5 Å². The first-order valence-corrected chi connectivity index (χ1v) is 9.24. The summed E-state index contributed by atoms with van der Waals surface area (Å²) in [6.07, 6.45) is 7.14. The molecular weight excluding hydrogens is 401 g/mol. The standard InChI is InChI=1S/C18H15Cl2N7O/c19-13-2-1-11(7-14(13)20)8-23-18-25-15-10-24-27(16(15)17(28)26-18)6-3-12-9-21-4-5-22-12/h1-2,4-5,7,9-10H,3,6,8H2,(H2,23,25,26,28). The van der Waals surface area contributed by atoms with Gasteiger partial charge in [0.25, 0.3) is 5.56 Å². The van der Waals surface area contributed by atoms with Gasteiger partial charge in [0.15, 0.2) is 5.52 Å². The molecule has 0 aliphatic carbocycles. The number of nitrogens with one attached hydrogen (secondary N) is 2. The maximum Gasteiger partial charge on any atom is 0.278 e. The molecule has 0 saturated heterocycles. The zero-order valence-electron chi connectivity index (χ0n) is 14.6. The molecule has 0 unspecified atom stereocenters. The fraction of sp³-hybridized carbons (Fsp3) is 0.167. The topological polar surface area (TPSA) is 101 Å². The molecule has 10 heteroatoms. The van der Waals surface area contributed by atoms with Crippen LogP contribution in [0.4, 0.5) is 5.95 Å². The average Bonchev–Trinajstić information content (AvgIpc) is 3.12. The Bertz CT molecular complexity index is 1170. The predicted octanol–water partition coefficient (Wildman–Crippen LogP) is 3.07. The fourth-order valence-electron chi connectivity index (χ4n) is 2.77. The minimum Gasteiger partial charge on any atom is -0.352 e. The number of aromatic amines is 1. The minimum absolute atomic E-state index is 0.265. The molecule has 0 aliphatic heterocycles. The number of benzene rings is 1. The summed E-state index contributed by atoms with van der Waals surface area (Å²) in [7, 11) is 0. The molecule has 2 N–H and O–H groups in total. The van der Waals surface area contributed by atoms with Gasteiger partial charge in [-0.3, -0.25) is 24.4 Å². The van der Waals surface area contributed by atoms with Crippen molar-refractivity contribution in [3.05, 3.63) is 74.6 Å². The molecule has 3 heterocycles. The number of aromatic nitrogens is 6. The molecule has 28 heavy (non-hydrogen) atoms. The number of anilines is 1. The van der Waals surface area contributed by atoms with Crippen LogP contribution >= 0.6 is 23.2 Å². The third kappa shape index (κ3) is 3.97. The highest BCUT2D eigenvalue weighted by Crippen LogP contribution is 2.22. The number of fused-ring (bicyclic) bond motifs is 1. The van der Waals surface area contributed by atoms with Crippen LogP contribution in [0.5, 0.6) is 0 Å². The molecule has 1 aromatic carbocycles. The Labute approximate surface area is 169 Å². The van der Waals surface area contributed by atoms with Crippen molar-refractivity contribution in [3.8, 4) is 0 Å². The largest absolute Gasteiger partial charge is 0.352 e. The molecule has 142 valence electrons. The van der Waals surface area contributed by atoms with Crippen molar-refractivity contribution in [2.24, 2.45) is 0 Å². The monoisotopic (exact) mass is 415 g/mol. The number of aryl methyl sites for hydroxylation is 2. The lowest BCUT2D eigenvalue weighted by Crippen LogP contribution is -2.17. The van der Waals surface area contributed by atoms with Gasteiger partial charge < -0.3 is 5.32 Å². The van der Waals surface area contributed by atoms with Gasteiger partial charge in [-0.05, 0) is 17.7 Å². The Kier molecular flexibility index (Phi) is 5.23. The third-order valence-electron chi connectivity index (χ3n) is 4.14. The van der Waals surface area contributed by atoms with Gasteiger partial charge >= 0.3 is 0 Å². The van der Waals surface area contributed by atoms with Crippen molar-refractivity contribution < 1.29 is 0 Å². The van der Waals surface area contributed by atoms with E-state index in [1.165, 1.54) is 0 Å². The van der Waals surface area contributed by atoms with Gasteiger partial charge in [-0.15, -0.1) is 0 Å². The zero-order valence-corrected chi connectivity index (χ0v) is 16.1. The van der Waals surface area contributed by atoms with Gasteiger partial charge in [0.05, 0.1) is 21.9 Å². The SMILES string of the molecule is O=c1[nH]c(NCc2ccc(Cl)c(Cl)c2)nc2cnn(CCc3cnccn3)c12. The van der Waals surface area contributed by atoms with Gasteiger partial charge in [0.2, 0.25) is 5.95 Å². The number of rotatable bonds is 6. The molecule has 0 fully saturated rings. The molecule has 0 aliphatic rings. The molecule has 4 rings (SSSR count). The van der Waals surface area contributed by atoms with Crippen LogP contribution in [-0.4, -0.2) is 29.7 Å². The predicted molar refractivity (Wildman–Crippen MR) is 108 cm³/mol. The maximum absolute atomic E-state index is 12.5. The minimum atomic E-state index is -0.265. The first kappa shape index (κ1) is 18.4. The van der Waals surface area contributed by atoms with Gasteiger partial charge in [-0.2, -0.15) is 5.10 Å². The van der Waals surface area contributed by atoms with E-state index in [4.69, 9.17) is 23.2 Å². The van der Waals surface area contributed by atoms with E-state index < -0.39 is 0 Å². The third-order valence-corrected chi connectivity index (χ3v) is 4.88. The van der Waals surface area contributed by atoms with Crippen molar-refractivity contribution in [1.82, 2.24) is 29.7 Å². The molecule has 0 atom stereocenters. The van der Waals surface area contributed by atoms with Gasteiger partial charge in [0.1, 0.15) is 5.52 Å². The number of hydrogen-bond acceptors (Lipinski definition) is 6. The summed E-state index contributed by atoms with van der Waals surface area (Å²) in [4.78, 5) is 28.0. The van der Waals surface area contributed by atoms with Crippen LogP contribution in [0.25, 0.3) is 11.0 Å². The van der Waals surface area contributed by atoms with Gasteiger partial charge in [0, 0.05) is 38.1 Å². The van der Waals surface area contributed by atoms with Crippen LogP contribution in [0.2, 0.25) is 10.0 Å². The van der Waals surface area contributed by atoms with E-state index in [-0.39, 0.29) is 5.56 Å². The highest BCUT2D eigenvalue weighted by molar-refractivity contribution is 6.42. The molecule has 3 aromatic heterocycles. The van der Waals surface area contributed by atoms with Crippen molar-refractivity contribution >= 4 is 40.2 Å². The number of H-pyrrole nitrogens is 1. The smallest absolute Gasteiger partial charge is 0.278 e. The highest BCUT2D eigenvalue weighted by Gasteiger charge is 2.11. The summed E-state index contributed by atoms with van der Waals surface area (Å²) in [5.41, 5.74) is 2.41. The lowest BCUT2D eigenvalue weighted by atomic mass is 10.2. The van der Waals surface area contributed by atoms with E-state index in [2.05, 4.69) is 30.4 Å². The Morgan fingerprint density at radius 2 is 2.04 bits per heavy atom. The van der Waals surface area contributed by atoms with E-state index in [0.29, 0.717) is 46.5 Å². The Hall–Kier alpha value is -2.97. The van der Waals surface area contributed by atoms with E-state index in [1.54, 1.807) is 41.6 Å². The molecule has 4 aromatic rings. The second-order valence-corrected chi connectivity index (χ2v) is 6.88. The van der Waals surface area contributed by atoms with E-state index >= 15 is 0 Å². The van der Waals surface area contributed by atoms with Crippen LogP contribution < -0.4 is 10.9 Å². The highest BCUT2D eigenvalue weighted by atomic mass is 35.5. The molecule has 0 amide bonds. The van der Waals surface area contributed by atoms with Crippen LogP contribution in [0.1, 0.15) is 11.3 Å². The maximum atomic E-state index is 12.5. The van der Waals surface area contributed by atoms with Gasteiger partial charge in [-0.1, -0.05) is 29.3 Å². The first-order valence-electron chi connectivity index (χ1n) is 8.48. The molecule has 0 saturated carbocycles. The molecule has 0 radical (unpaired) electrons.